The van der Waals surface area contributed by atoms with Crippen molar-refractivity contribution in [2.24, 2.45) is 0 Å². The van der Waals surface area contributed by atoms with Crippen molar-refractivity contribution < 1.29 is 22.7 Å². The molecule has 1 amide bonds. The van der Waals surface area contributed by atoms with Gasteiger partial charge in [0.25, 0.3) is 5.91 Å². The third-order valence-corrected chi connectivity index (χ3v) is 4.80. The average Bonchev–Trinajstić information content (AvgIpc) is 2.73. The number of hydrogen-bond acceptors (Lipinski definition) is 4. The number of anilines is 2. The van der Waals surface area contributed by atoms with E-state index in [2.05, 4.69) is 10.3 Å². The maximum absolute atomic E-state index is 13.0. The summed E-state index contributed by atoms with van der Waals surface area (Å²) in [5.41, 5.74) is 1.12. The zero-order valence-electron chi connectivity index (χ0n) is 15.4. The Kier molecular flexibility index (Phi) is 5.10. The number of hydrogen-bond donors (Lipinski definition) is 1. The fourth-order valence-corrected chi connectivity index (χ4v) is 3.29. The second kappa shape index (κ2) is 7.71. The fourth-order valence-electron chi connectivity index (χ4n) is 3.29. The van der Waals surface area contributed by atoms with Gasteiger partial charge in [-0.05, 0) is 30.3 Å². The molecule has 4 rings (SSSR count). The molecule has 1 saturated heterocycles. The highest BCUT2D eigenvalue weighted by molar-refractivity contribution is 6.02. The quantitative estimate of drug-likeness (QED) is 0.704. The number of ether oxygens (including phenoxy) is 1. The van der Waals surface area contributed by atoms with Gasteiger partial charge in [-0.25, -0.2) is 0 Å². The normalized spacial score (nSPS) is 14.8. The number of rotatable bonds is 3. The maximum atomic E-state index is 13.0. The maximum Gasteiger partial charge on any atom is 0.416 e. The number of fused-ring (bicyclic) bond motifs is 1. The lowest BCUT2D eigenvalue weighted by Crippen LogP contribution is -2.40. The van der Waals surface area contributed by atoms with Crippen LogP contribution in [0.25, 0.3) is 10.9 Å². The molecule has 1 N–H and O–H groups in total. The van der Waals surface area contributed by atoms with Crippen molar-refractivity contribution in [1.82, 2.24) is 9.88 Å². The fraction of sp³-hybridized carbons (Fsp3) is 0.238. The predicted octanol–water partition coefficient (Wildman–Crippen LogP) is 4.47. The number of para-hydroxylation sites is 1. The Balaban J connectivity index is 1.68. The lowest BCUT2D eigenvalue weighted by molar-refractivity contribution is -0.137. The largest absolute Gasteiger partial charge is 0.416 e. The van der Waals surface area contributed by atoms with Crippen LogP contribution in [0.3, 0.4) is 0 Å². The zero-order chi connectivity index (χ0) is 20.4. The molecule has 0 bridgehead atoms. The number of morpholine rings is 1. The summed E-state index contributed by atoms with van der Waals surface area (Å²) in [5.74, 6) is -0.117. The summed E-state index contributed by atoms with van der Waals surface area (Å²) in [5, 5.41) is 3.73. The lowest BCUT2D eigenvalue weighted by Gasteiger charge is -2.27. The highest BCUT2D eigenvalue weighted by Gasteiger charge is 2.30. The first-order valence-corrected chi connectivity index (χ1v) is 9.12. The Morgan fingerprint density at radius 2 is 1.79 bits per heavy atom. The summed E-state index contributed by atoms with van der Waals surface area (Å²) in [4.78, 5) is 18.7. The second-order valence-corrected chi connectivity index (χ2v) is 6.66. The summed E-state index contributed by atoms with van der Waals surface area (Å²) >= 11 is 0. The van der Waals surface area contributed by atoms with Gasteiger partial charge in [0, 0.05) is 30.4 Å². The Bertz CT molecular complexity index is 1050. The Morgan fingerprint density at radius 3 is 2.55 bits per heavy atom. The minimum atomic E-state index is -4.43. The minimum absolute atomic E-state index is 0.117. The van der Waals surface area contributed by atoms with Crippen LogP contribution >= 0.6 is 0 Å². The number of halogens is 3. The van der Waals surface area contributed by atoms with Crippen molar-refractivity contribution in [3.63, 3.8) is 0 Å². The van der Waals surface area contributed by atoms with E-state index in [1.54, 1.807) is 35.2 Å². The van der Waals surface area contributed by atoms with E-state index in [1.807, 2.05) is 0 Å². The third kappa shape index (κ3) is 4.02. The number of alkyl halides is 3. The molecule has 5 nitrogen and oxygen atoms in total. The number of carbonyl (C=O) groups excluding carboxylic acids is 1. The summed E-state index contributed by atoms with van der Waals surface area (Å²) in [6, 6.07) is 12.2. The molecular formula is C21H18F3N3O2. The average molecular weight is 401 g/mol. The standard InChI is InChI=1S/C21H18F3N3O2/c22-21(23,24)14-5-6-15-18(7-8-25-19(15)13-14)26-17-4-2-1-3-16(17)20(28)27-9-11-29-12-10-27/h1-8,13H,9-12H2,(H,25,26). The van der Waals surface area contributed by atoms with E-state index in [1.165, 1.54) is 12.3 Å². The Morgan fingerprint density at radius 1 is 1.03 bits per heavy atom. The van der Waals surface area contributed by atoms with E-state index in [9.17, 15) is 18.0 Å². The lowest BCUT2D eigenvalue weighted by atomic mass is 10.1. The molecule has 0 spiro atoms. The SMILES string of the molecule is O=C(c1ccccc1Nc1ccnc2cc(C(F)(F)F)ccc12)N1CCOCC1. The smallest absolute Gasteiger partial charge is 0.378 e. The van der Waals surface area contributed by atoms with Crippen LogP contribution in [-0.4, -0.2) is 42.1 Å². The Hall–Kier alpha value is -3.13. The molecule has 1 fully saturated rings. The van der Waals surface area contributed by atoms with E-state index in [0.29, 0.717) is 48.6 Å². The number of nitrogens with zero attached hydrogens (tertiary/aromatic N) is 2. The van der Waals surface area contributed by atoms with E-state index >= 15 is 0 Å². The van der Waals surface area contributed by atoms with Gasteiger partial charge < -0.3 is 15.0 Å². The topological polar surface area (TPSA) is 54.5 Å². The molecule has 2 aromatic carbocycles. The highest BCUT2D eigenvalue weighted by atomic mass is 19.4. The summed E-state index contributed by atoms with van der Waals surface area (Å²) in [6.07, 6.45) is -2.99. The van der Waals surface area contributed by atoms with Gasteiger partial charge in [-0.1, -0.05) is 18.2 Å². The van der Waals surface area contributed by atoms with Crippen molar-refractivity contribution in [3.05, 3.63) is 65.9 Å². The van der Waals surface area contributed by atoms with Gasteiger partial charge in [-0.3, -0.25) is 9.78 Å². The molecule has 2 heterocycles. The number of amides is 1. The second-order valence-electron chi connectivity index (χ2n) is 6.66. The van der Waals surface area contributed by atoms with Gasteiger partial charge in [-0.2, -0.15) is 13.2 Å². The van der Waals surface area contributed by atoms with Gasteiger partial charge in [0.05, 0.1) is 35.5 Å². The third-order valence-electron chi connectivity index (χ3n) is 4.80. The highest BCUT2D eigenvalue weighted by Crippen LogP contribution is 2.33. The molecule has 8 heteroatoms. The van der Waals surface area contributed by atoms with Crippen LogP contribution in [0.1, 0.15) is 15.9 Å². The molecule has 0 unspecified atom stereocenters. The molecular weight excluding hydrogens is 383 g/mol. The van der Waals surface area contributed by atoms with Crippen molar-refractivity contribution in [2.75, 3.05) is 31.6 Å². The molecule has 1 aliphatic heterocycles. The van der Waals surface area contributed by atoms with Gasteiger partial charge in [0.2, 0.25) is 0 Å². The number of nitrogens with one attached hydrogen (secondary N) is 1. The molecule has 29 heavy (non-hydrogen) atoms. The van der Waals surface area contributed by atoms with Crippen molar-refractivity contribution in [2.45, 2.75) is 6.18 Å². The molecule has 0 radical (unpaired) electrons. The molecule has 0 aliphatic carbocycles. The van der Waals surface area contributed by atoms with E-state index in [-0.39, 0.29) is 11.4 Å². The molecule has 0 saturated carbocycles. The van der Waals surface area contributed by atoms with Crippen LogP contribution in [0.5, 0.6) is 0 Å². The van der Waals surface area contributed by atoms with Gasteiger partial charge in [-0.15, -0.1) is 0 Å². The van der Waals surface area contributed by atoms with Crippen LogP contribution in [0, 0.1) is 0 Å². The molecule has 3 aromatic rings. The Labute approximate surface area is 165 Å². The first-order chi connectivity index (χ1) is 13.9. The summed E-state index contributed by atoms with van der Waals surface area (Å²) in [7, 11) is 0. The number of carbonyl (C=O) groups is 1. The minimum Gasteiger partial charge on any atom is -0.378 e. The van der Waals surface area contributed by atoms with Gasteiger partial charge in [0.15, 0.2) is 0 Å². The van der Waals surface area contributed by atoms with Crippen LogP contribution in [0.4, 0.5) is 24.5 Å². The van der Waals surface area contributed by atoms with Crippen LogP contribution in [0.2, 0.25) is 0 Å². The molecule has 150 valence electrons. The summed E-state index contributed by atoms with van der Waals surface area (Å²) in [6.45, 7) is 2.03. The van der Waals surface area contributed by atoms with Crippen LogP contribution < -0.4 is 5.32 Å². The van der Waals surface area contributed by atoms with E-state index in [4.69, 9.17) is 4.74 Å². The monoisotopic (exact) mass is 401 g/mol. The van der Waals surface area contributed by atoms with Gasteiger partial charge in [0.1, 0.15) is 0 Å². The van der Waals surface area contributed by atoms with Crippen molar-refractivity contribution in [1.29, 1.82) is 0 Å². The van der Waals surface area contributed by atoms with Gasteiger partial charge >= 0.3 is 6.18 Å². The van der Waals surface area contributed by atoms with E-state index < -0.39 is 11.7 Å². The first-order valence-electron chi connectivity index (χ1n) is 9.12. The molecule has 0 atom stereocenters. The van der Waals surface area contributed by atoms with Crippen molar-refractivity contribution in [3.8, 4) is 0 Å². The number of pyridine rings is 1. The predicted molar refractivity (Wildman–Crippen MR) is 103 cm³/mol. The summed E-state index contributed by atoms with van der Waals surface area (Å²) < 4.78 is 44.3. The van der Waals surface area contributed by atoms with E-state index in [0.717, 1.165) is 12.1 Å². The number of aromatic nitrogens is 1. The molecule has 1 aromatic heterocycles. The molecule has 1 aliphatic rings. The van der Waals surface area contributed by atoms with Crippen LogP contribution in [-0.2, 0) is 10.9 Å². The van der Waals surface area contributed by atoms with Crippen LogP contribution in [0.15, 0.2) is 54.7 Å². The zero-order valence-corrected chi connectivity index (χ0v) is 15.4. The number of benzene rings is 2. The van der Waals surface area contributed by atoms with Crippen molar-refractivity contribution >= 4 is 28.2 Å². The first kappa shape index (κ1) is 19.2.